The summed E-state index contributed by atoms with van der Waals surface area (Å²) in [5.41, 5.74) is -0.443. The van der Waals surface area contributed by atoms with Crippen molar-refractivity contribution in [2.24, 2.45) is 0 Å². The van der Waals surface area contributed by atoms with Crippen molar-refractivity contribution >= 4 is 11.6 Å². The molecule has 0 saturated carbocycles. The van der Waals surface area contributed by atoms with Crippen LogP contribution in [0.5, 0.6) is 0 Å². The fourth-order valence-corrected chi connectivity index (χ4v) is 0.820. The Morgan fingerprint density at radius 1 is 1.38 bits per heavy atom. The number of carbonyl (C=O) groups is 2. The lowest BCUT2D eigenvalue weighted by Gasteiger charge is -2.05. The monoisotopic (exact) mass is 183 g/mol. The Kier molecular flexibility index (Phi) is 2.23. The Hall–Kier alpha value is -1.98. The summed E-state index contributed by atoms with van der Waals surface area (Å²) in [6.07, 6.45) is 1.59. The standard InChI is InChI=1S/C7H5NO5/c1-13-6-3-4(8(11)12)2-5(9)7(6)10/h2-3H,1H3. The third kappa shape index (κ3) is 1.61. The predicted octanol–water partition coefficient (Wildman–Crippen LogP) is -0.171. The van der Waals surface area contributed by atoms with E-state index in [-0.39, 0.29) is 5.76 Å². The Morgan fingerprint density at radius 2 is 2.00 bits per heavy atom. The van der Waals surface area contributed by atoms with Crippen LogP contribution >= 0.6 is 0 Å². The molecule has 0 aromatic heterocycles. The minimum absolute atomic E-state index is 0.306. The Bertz CT molecular complexity index is 352. The number of nitrogens with zero attached hydrogens (tertiary/aromatic N) is 1. The van der Waals surface area contributed by atoms with Crippen molar-refractivity contribution < 1.29 is 19.2 Å². The number of hydrogen-bond acceptors (Lipinski definition) is 5. The van der Waals surface area contributed by atoms with Crippen molar-refractivity contribution in [1.29, 1.82) is 0 Å². The lowest BCUT2D eigenvalue weighted by atomic mass is 10.1. The number of methoxy groups -OCH3 is 1. The van der Waals surface area contributed by atoms with Gasteiger partial charge in [-0.2, -0.15) is 0 Å². The summed E-state index contributed by atoms with van der Waals surface area (Å²) in [7, 11) is 1.17. The zero-order valence-corrected chi connectivity index (χ0v) is 6.64. The zero-order chi connectivity index (χ0) is 10.0. The van der Waals surface area contributed by atoms with Crippen LogP contribution in [-0.2, 0) is 14.3 Å². The fourth-order valence-electron chi connectivity index (χ4n) is 0.820. The molecule has 0 bridgehead atoms. The van der Waals surface area contributed by atoms with Crippen LogP contribution in [-0.4, -0.2) is 23.6 Å². The van der Waals surface area contributed by atoms with E-state index in [1.807, 2.05) is 0 Å². The molecule has 0 unspecified atom stereocenters. The van der Waals surface area contributed by atoms with Crippen molar-refractivity contribution in [3.8, 4) is 0 Å². The van der Waals surface area contributed by atoms with Gasteiger partial charge in [-0.3, -0.25) is 19.7 Å². The molecule has 68 valence electrons. The van der Waals surface area contributed by atoms with Crippen molar-refractivity contribution in [3.05, 3.63) is 33.7 Å². The molecule has 0 N–H and O–H groups in total. The number of nitro groups is 1. The molecule has 13 heavy (non-hydrogen) atoms. The second kappa shape index (κ2) is 3.18. The summed E-state index contributed by atoms with van der Waals surface area (Å²) in [5, 5.41) is 10.2. The van der Waals surface area contributed by atoms with Gasteiger partial charge in [-0.1, -0.05) is 0 Å². The van der Waals surface area contributed by atoms with Crippen molar-refractivity contribution in [2.75, 3.05) is 7.11 Å². The van der Waals surface area contributed by atoms with E-state index in [2.05, 4.69) is 4.74 Å². The first-order valence-electron chi connectivity index (χ1n) is 3.26. The third-order valence-electron chi connectivity index (χ3n) is 1.44. The lowest BCUT2D eigenvalue weighted by molar-refractivity contribution is -0.419. The molecular formula is C7H5NO5. The molecule has 1 rings (SSSR count). The van der Waals surface area contributed by atoms with Crippen molar-refractivity contribution in [2.45, 2.75) is 0 Å². The number of carbonyl (C=O) groups excluding carboxylic acids is 2. The van der Waals surface area contributed by atoms with Gasteiger partial charge in [-0.25, -0.2) is 0 Å². The van der Waals surface area contributed by atoms with E-state index in [1.165, 1.54) is 7.11 Å². The summed E-state index contributed by atoms with van der Waals surface area (Å²) >= 11 is 0. The third-order valence-corrected chi connectivity index (χ3v) is 1.44. The molecule has 1 aliphatic carbocycles. The number of ketones is 2. The Morgan fingerprint density at radius 3 is 2.46 bits per heavy atom. The van der Waals surface area contributed by atoms with Crippen LogP contribution in [0, 0.1) is 10.1 Å². The average molecular weight is 183 g/mol. The van der Waals surface area contributed by atoms with Gasteiger partial charge in [0.25, 0.3) is 11.5 Å². The maximum atomic E-state index is 10.9. The van der Waals surface area contributed by atoms with Gasteiger partial charge in [0.1, 0.15) is 0 Å². The normalized spacial score (nSPS) is 16.4. The number of Topliss-reactive ketones (excluding diaryl/α,β-unsaturated/α-hetero) is 1. The summed E-state index contributed by atoms with van der Waals surface area (Å²) < 4.78 is 4.50. The minimum Gasteiger partial charge on any atom is -0.492 e. The topological polar surface area (TPSA) is 86.5 Å². The molecule has 0 aromatic rings. The summed E-state index contributed by atoms with van der Waals surface area (Å²) in [5.74, 6) is -2.11. The van der Waals surface area contributed by atoms with E-state index in [0.717, 1.165) is 6.08 Å². The Labute approximate surface area is 72.6 Å². The van der Waals surface area contributed by atoms with Crippen LogP contribution in [0.3, 0.4) is 0 Å². The highest BCUT2D eigenvalue weighted by molar-refractivity contribution is 6.47. The second-order valence-corrected chi connectivity index (χ2v) is 2.23. The maximum Gasteiger partial charge on any atom is 0.277 e. The van der Waals surface area contributed by atoms with E-state index >= 15 is 0 Å². The van der Waals surface area contributed by atoms with E-state index in [9.17, 15) is 19.7 Å². The second-order valence-electron chi connectivity index (χ2n) is 2.23. The number of ether oxygens (including phenoxy) is 1. The van der Waals surface area contributed by atoms with Crippen LogP contribution in [0.2, 0.25) is 0 Å². The van der Waals surface area contributed by atoms with Crippen LogP contribution in [0.25, 0.3) is 0 Å². The molecular weight excluding hydrogens is 178 g/mol. The van der Waals surface area contributed by atoms with Gasteiger partial charge in [-0.05, 0) is 0 Å². The van der Waals surface area contributed by atoms with E-state index in [1.54, 1.807) is 0 Å². The number of hydrogen-bond donors (Lipinski definition) is 0. The van der Waals surface area contributed by atoms with Gasteiger partial charge >= 0.3 is 0 Å². The van der Waals surface area contributed by atoms with E-state index < -0.39 is 22.2 Å². The molecule has 6 heteroatoms. The highest BCUT2D eigenvalue weighted by Crippen LogP contribution is 2.12. The molecule has 0 aliphatic heterocycles. The van der Waals surface area contributed by atoms with Gasteiger partial charge in [0.2, 0.25) is 5.78 Å². The Balaban J connectivity index is 3.11. The fraction of sp³-hybridized carbons (Fsp3) is 0.143. The van der Waals surface area contributed by atoms with E-state index in [4.69, 9.17) is 0 Å². The van der Waals surface area contributed by atoms with Gasteiger partial charge in [0, 0.05) is 0 Å². The van der Waals surface area contributed by atoms with Crippen molar-refractivity contribution in [1.82, 2.24) is 0 Å². The quantitative estimate of drug-likeness (QED) is 0.256. The highest BCUT2D eigenvalue weighted by atomic mass is 16.6. The first-order valence-corrected chi connectivity index (χ1v) is 3.26. The van der Waals surface area contributed by atoms with Crippen molar-refractivity contribution in [3.63, 3.8) is 0 Å². The smallest absolute Gasteiger partial charge is 0.277 e. The molecule has 0 aromatic carbocycles. The molecule has 0 amide bonds. The molecule has 0 fully saturated rings. The van der Waals surface area contributed by atoms with Crippen LogP contribution < -0.4 is 0 Å². The van der Waals surface area contributed by atoms with Gasteiger partial charge < -0.3 is 4.74 Å². The minimum atomic E-state index is -0.939. The lowest BCUT2D eigenvalue weighted by Crippen LogP contribution is -2.21. The predicted molar refractivity (Wildman–Crippen MR) is 40.2 cm³/mol. The van der Waals surface area contributed by atoms with Gasteiger partial charge in [-0.15, -0.1) is 0 Å². The molecule has 6 nitrogen and oxygen atoms in total. The summed E-state index contributed by atoms with van der Waals surface area (Å²) in [6, 6.07) is 0. The highest BCUT2D eigenvalue weighted by Gasteiger charge is 2.27. The van der Waals surface area contributed by atoms with Gasteiger partial charge in [0.15, 0.2) is 5.76 Å². The van der Waals surface area contributed by atoms with Crippen LogP contribution in [0.15, 0.2) is 23.6 Å². The summed E-state index contributed by atoms with van der Waals surface area (Å²) in [6.45, 7) is 0. The van der Waals surface area contributed by atoms with E-state index in [0.29, 0.717) is 6.08 Å². The molecule has 0 spiro atoms. The largest absolute Gasteiger partial charge is 0.492 e. The SMILES string of the molecule is COC1=CC([N+](=O)[O-])=CC(=O)C1=O. The number of rotatable bonds is 2. The average Bonchev–Trinajstić information content (AvgIpc) is 2.09. The van der Waals surface area contributed by atoms with Crippen LogP contribution in [0.1, 0.15) is 0 Å². The summed E-state index contributed by atoms with van der Waals surface area (Å²) in [4.78, 5) is 31.2. The molecule has 1 aliphatic rings. The number of allylic oxidation sites excluding steroid dienone is 3. The first kappa shape index (κ1) is 9.11. The van der Waals surface area contributed by atoms with Gasteiger partial charge in [0.05, 0.1) is 24.2 Å². The maximum absolute atomic E-state index is 10.9. The zero-order valence-electron chi connectivity index (χ0n) is 6.64. The van der Waals surface area contributed by atoms with Crippen LogP contribution in [0.4, 0.5) is 0 Å². The molecule has 0 radical (unpaired) electrons. The molecule has 0 heterocycles. The molecule has 0 saturated heterocycles. The molecule has 0 atom stereocenters. The first-order chi connectivity index (χ1) is 6.06.